The number of hydrogen-bond donors (Lipinski definition) is 1. The number of nitrogens with two attached hydrogens (primary N) is 1. The van der Waals surface area contributed by atoms with E-state index in [4.69, 9.17) is 5.73 Å². The minimum Gasteiger partial charge on any atom is -0.387 e. The fourth-order valence-corrected chi connectivity index (χ4v) is 2.22. The minimum absolute atomic E-state index is 0.0758. The molecule has 0 radical (unpaired) electrons. The molecule has 1 aliphatic rings. The molecule has 0 amide bonds. The molecule has 3 rings (SSSR count). The van der Waals surface area contributed by atoms with Crippen LogP contribution >= 0.6 is 0 Å². The SMILES string of the molecule is N#Cc1cc2n(c1-c1ccccc1)C(=O)CC(N)=N2. The van der Waals surface area contributed by atoms with E-state index < -0.39 is 0 Å². The number of carbonyl (C=O) groups is 1. The first kappa shape index (κ1) is 11.2. The maximum absolute atomic E-state index is 12.1. The quantitative estimate of drug-likeness (QED) is 0.840. The van der Waals surface area contributed by atoms with Crippen LogP contribution in [0, 0.1) is 11.3 Å². The predicted octanol–water partition coefficient (Wildman–Crippen LogP) is 2.06. The van der Waals surface area contributed by atoms with Gasteiger partial charge in [-0.3, -0.25) is 9.36 Å². The highest BCUT2D eigenvalue weighted by atomic mass is 16.2. The Balaban J connectivity index is 2.32. The van der Waals surface area contributed by atoms with Crippen LogP contribution in [0.5, 0.6) is 0 Å². The molecule has 0 fully saturated rings. The first-order chi connectivity index (χ1) is 9.20. The minimum atomic E-state index is -0.164. The van der Waals surface area contributed by atoms with Gasteiger partial charge in [-0.15, -0.1) is 0 Å². The molecule has 1 aliphatic heterocycles. The molecule has 92 valence electrons. The van der Waals surface area contributed by atoms with Gasteiger partial charge in [0.1, 0.15) is 17.7 Å². The van der Waals surface area contributed by atoms with Crippen LogP contribution in [0.25, 0.3) is 11.3 Å². The number of nitrogens with zero attached hydrogens (tertiary/aromatic N) is 3. The third-order valence-corrected chi connectivity index (χ3v) is 2.99. The van der Waals surface area contributed by atoms with Gasteiger partial charge in [-0.2, -0.15) is 5.26 Å². The first-order valence-corrected chi connectivity index (χ1v) is 5.78. The molecule has 1 aromatic carbocycles. The second-order valence-corrected chi connectivity index (χ2v) is 4.25. The third-order valence-electron chi connectivity index (χ3n) is 2.99. The molecule has 0 saturated carbocycles. The van der Waals surface area contributed by atoms with E-state index in [1.165, 1.54) is 4.57 Å². The summed E-state index contributed by atoms with van der Waals surface area (Å²) in [5.41, 5.74) is 7.43. The lowest BCUT2D eigenvalue weighted by atomic mass is 10.1. The molecule has 2 N–H and O–H groups in total. The van der Waals surface area contributed by atoms with Crippen molar-refractivity contribution in [3.63, 3.8) is 0 Å². The lowest BCUT2D eigenvalue weighted by molar-refractivity contribution is 0.0924. The number of fused-ring (bicyclic) bond motifs is 1. The number of nitriles is 1. The number of amidine groups is 1. The zero-order chi connectivity index (χ0) is 13.4. The van der Waals surface area contributed by atoms with E-state index in [0.29, 0.717) is 17.1 Å². The van der Waals surface area contributed by atoms with Gasteiger partial charge in [0.15, 0.2) is 0 Å². The van der Waals surface area contributed by atoms with Crippen molar-refractivity contribution in [3.8, 4) is 17.3 Å². The van der Waals surface area contributed by atoms with E-state index in [-0.39, 0.29) is 18.2 Å². The highest BCUT2D eigenvalue weighted by molar-refractivity contribution is 6.06. The molecule has 1 aromatic heterocycles. The Kier molecular flexibility index (Phi) is 2.43. The van der Waals surface area contributed by atoms with Crippen molar-refractivity contribution in [3.05, 3.63) is 42.0 Å². The average molecular weight is 250 g/mol. The van der Waals surface area contributed by atoms with Crippen molar-refractivity contribution in [2.75, 3.05) is 0 Å². The van der Waals surface area contributed by atoms with Crippen LogP contribution in [-0.4, -0.2) is 16.3 Å². The fourth-order valence-electron chi connectivity index (χ4n) is 2.22. The lowest BCUT2D eigenvalue weighted by Gasteiger charge is -2.14. The predicted molar refractivity (Wildman–Crippen MR) is 71.1 cm³/mol. The summed E-state index contributed by atoms with van der Waals surface area (Å²) in [6.45, 7) is 0. The Morgan fingerprint density at radius 1 is 1.32 bits per heavy atom. The largest absolute Gasteiger partial charge is 0.387 e. The Morgan fingerprint density at radius 3 is 2.74 bits per heavy atom. The zero-order valence-corrected chi connectivity index (χ0v) is 10.00. The summed E-state index contributed by atoms with van der Waals surface area (Å²) >= 11 is 0. The fraction of sp³-hybridized carbons (Fsp3) is 0.0714. The molecule has 2 heterocycles. The zero-order valence-electron chi connectivity index (χ0n) is 10.00. The van der Waals surface area contributed by atoms with Crippen molar-refractivity contribution in [2.24, 2.45) is 10.7 Å². The summed E-state index contributed by atoms with van der Waals surface area (Å²) in [5, 5.41) is 9.23. The topological polar surface area (TPSA) is 84.2 Å². The van der Waals surface area contributed by atoms with Crippen LogP contribution in [0.4, 0.5) is 5.82 Å². The molecule has 5 heteroatoms. The van der Waals surface area contributed by atoms with E-state index in [1.54, 1.807) is 6.07 Å². The third kappa shape index (κ3) is 1.70. The molecular formula is C14H10N4O. The molecule has 5 nitrogen and oxygen atoms in total. The van der Waals surface area contributed by atoms with Crippen molar-refractivity contribution in [1.82, 2.24) is 4.57 Å². The van der Waals surface area contributed by atoms with Gasteiger partial charge in [-0.25, -0.2) is 4.99 Å². The second kappa shape index (κ2) is 4.10. The summed E-state index contributed by atoms with van der Waals surface area (Å²) in [6.07, 6.45) is 0.0758. The van der Waals surface area contributed by atoms with E-state index in [9.17, 15) is 10.1 Å². The normalized spacial score (nSPS) is 13.6. The Bertz CT molecular complexity index is 735. The number of aliphatic imine (C=N–C) groups is 1. The van der Waals surface area contributed by atoms with Crippen LogP contribution in [0.1, 0.15) is 16.8 Å². The standard InChI is InChI=1S/C14H10N4O/c15-8-10-6-12-17-11(16)7-13(19)18(12)14(10)9-4-2-1-3-5-9/h1-6H,7H2,(H2,16,17). The molecule has 19 heavy (non-hydrogen) atoms. The van der Waals surface area contributed by atoms with E-state index in [0.717, 1.165) is 5.56 Å². The van der Waals surface area contributed by atoms with Crippen LogP contribution < -0.4 is 5.73 Å². The number of benzene rings is 1. The van der Waals surface area contributed by atoms with Crippen molar-refractivity contribution >= 4 is 17.6 Å². The Hall–Kier alpha value is -2.87. The number of carbonyl (C=O) groups excluding carboxylic acids is 1. The number of rotatable bonds is 1. The van der Waals surface area contributed by atoms with Gasteiger partial charge in [0.05, 0.1) is 17.7 Å². The lowest BCUT2D eigenvalue weighted by Crippen LogP contribution is -2.25. The Morgan fingerprint density at radius 2 is 2.05 bits per heavy atom. The van der Waals surface area contributed by atoms with Crippen molar-refractivity contribution < 1.29 is 4.79 Å². The molecule has 0 unspecified atom stereocenters. The van der Waals surface area contributed by atoms with Gasteiger partial charge in [0.2, 0.25) is 5.91 Å². The van der Waals surface area contributed by atoms with Gasteiger partial charge in [-0.05, 0) is 0 Å². The highest BCUT2D eigenvalue weighted by Crippen LogP contribution is 2.33. The monoisotopic (exact) mass is 250 g/mol. The van der Waals surface area contributed by atoms with Crippen LogP contribution in [-0.2, 0) is 0 Å². The highest BCUT2D eigenvalue weighted by Gasteiger charge is 2.25. The van der Waals surface area contributed by atoms with Crippen molar-refractivity contribution in [2.45, 2.75) is 6.42 Å². The number of hydrogen-bond acceptors (Lipinski definition) is 4. The van der Waals surface area contributed by atoms with Crippen LogP contribution in [0.15, 0.2) is 41.4 Å². The Labute approximate surface area is 109 Å². The first-order valence-electron chi connectivity index (χ1n) is 5.78. The van der Waals surface area contributed by atoms with Gasteiger partial charge in [-0.1, -0.05) is 30.3 Å². The summed E-state index contributed by atoms with van der Waals surface area (Å²) in [7, 11) is 0. The van der Waals surface area contributed by atoms with Gasteiger partial charge in [0, 0.05) is 11.6 Å². The maximum atomic E-state index is 12.1. The maximum Gasteiger partial charge on any atom is 0.240 e. The molecule has 0 bridgehead atoms. The molecule has 0 spiro atoms. The van der Waals surface area contributed by atoms with Crippen LogP contribution in [0.3, 0.4) is 0 Å². The molecule has 2 aromatic rings. The summed E-state index contributed by atoms with van der Waals surface area (Å²) in [6, 6.07) is 13.0. The van der Waals surface area contributed by atoms with Gasteiger partial charge < -0.3 is 5.73 Å². The van der Waals surface area contributed by atoms with E-state index in [1.807, 2.05) is 30.3 Å². The van der Waals surface area contributed by atoms with Crippen LogP contribution in [0.2, 0.25) is 0 Å². The van der Waals surface area contributed by atoms with E-state index >= 15 is 0 Å². The molecule has 0 saturated heterocycles. The molecule has 0 atom stereocenters. The number of aromatic nitrogens is 1. The smallest absolute Gasteiger partial charge is 0.240 e. The molecular weight excluding hydrogens is 240 g/mol. The summed E-state index contributed by atoms with van der Waals surface area (Å²) in [4.78, 5) is 16.2. The molecule has 0 aliphatic carbocycles. The second-order valence-electron chi connectivity index (χ2n) is 4.25. The summed E-state index contributed by atoms with van der Waals surface area (Å²) < 4.78 is 1.46. The van der Waals surface area contributed by atoms with Gasteiger partial charge >= 0.3 is 0 Å². The summed E-state index contributed by atoms with van der Waals surface area (Å²) in [5.74, 6) is 0.533. The van der Waals surface area contributed by atoms with Crippen molar-refractivity contribution in [1.29, 1.82) is 5.26 Å². The van der Waals surface area contributed by atoms with Gasteiger partial charge in [0.25, 0.3) is 0 Å². The van der Waals surface area contributed by atoms with E-state index in [2.05, 4.69) is 11.1 Å². The average Bonchev–Trinajstić information content (AvgIpc) is 2.78.